The largest absolute Gasteiger partial charge is 0.261 e. The van der Waals surface area contributed by atoms with Gasteiger partial charge in [-0.2, -0.15) is 0 Å². The molecular formula is C11H15N. The summed E-state index contributed by atoms with van der Waals surface area (Å²) in [5.74, 6) is 0. The monoisotopic (exact) mass is 161 g/mol. The molecule has 1 aromatic rings. The maximum absolute atomic E-state index is 4.33. The molecule has 64 valence electrons. The maximum Gasteiger partial charge on any atom is 0.0628 e. The number of aryl methyl sites for hydroxylation is 1. The Kier molecular flexibility index (Phi) is 3.52. The lowest BCUT2D eigenvalue weighted by Gasteiger charge is -1.94. The summed E-state index contributed by atoms with van der Waals surface area (Å²) in [7, 11) is 0. The van der Waals surface area contributed by atoms with Gasteiger partial charge in [0.15, 0.2) is 0 Å². The summed E-state index contributed by atoms with van der Waals surface area (Å²) >= 11 is 0. The van der Waals surface area contributed by atoms with Gasteiger partial charge in [-0.05, 0) is 31.0 Å². The molecule has 0 aromatic heterocycles. The molecule has 0 N–H and O–H groups in total. The highest BCUT2D eigenvalue weighted by Gasteiger charge is 1.86. The van der Waals surface area contributed by atoms with Crippen molar-refractivity contribution in [2.75, 3.05) is 0 Å². The van der Waals surface area contributed by atoms with Crippen molar-refractivity contribution >= 4 is 11.9 Å². The summed E-state index contributed by atoms with van der Waals surface area (Å²) in [6.07, 6.45) is 4.21. The second-order valence-electron chi connectivity index (χ2n) is 2.94. The third-order valence-corrected chi connectivity index (χ3v) is 1.66. The van der Waals surface area contributed by atoms with Crippen LogP contribution in [0.25, 0.3) is 0 Å². The molecule has 0 aliphatic rings. The topological polar surface area (TPSA) is 12.4 Å². The van der Waals surface area contributed by atoms with Crippen LogP contribution in [0.2, 0.25) is 0 Å². The Bertz CT molecular complexity index is 263. The van der Waals surface area contributed by atoms with Gasteiger partial charge in [0.1, 0.15) is 0 Å². The van der Waals surface area contributed by atoms with Crippen LogP contribution in [0.4, 0.5) is 5.69 Å². The minimum Gasteiger partial charge on any atom is -0.261 e. The average Bonchev–Trinajstić information content (AvgIpc) is 2.05. The highest BCUT2D eigenvalue weighted by Crippen LogP contribution is 2.12. The average molecular weight is 161 g/mol. The van der Waals surface area contributed by atoms with Gasteiger partial charge in [-0.3, -0.25) is 4.99 Å². The lowest BCUT2D eigenvalue weighted by Crippen LogP contribution is -1.73. The number of unbranched alkanes of at least 4 members (excludes halogenated alkanes) is 1. The van der Waals surface area contributed by atoms with Crippen molar-refractivity contribution < 1.29 is 0 Å². The number of rotatable bonds is 3. The van der Waals surface area contributed by atoms with E-state index < -0.39 is 0 Å². The molecule has 0 saturated carbocycles. The zero-order chi connectivity index (χ0) is 8.81. The van der Waals surface area contributed by atoms with Crippen molar-refractivity contribution in [2.24, 2.45) is 4.99 Å². The van der Waals surface area contributed by atoms with Crippen LogP contribution in [0.5, 0.6) is 0 Å². The molecule has 1 heteroatoms. The molecule has 12 heavy (non-hydrogen) atoms. The van der Waals surface area contributed by atoms with E-state index in [2.05, 4.69) is 31.0 Å². The first kappa shape index (κ1) is 8.98. The lowest BCUT2D eigenvalue weighted by molar-refractivity contribution is 1.01. The lowest BCUT2D eigenvalue weighted by atomic mass is 10.2. The van der Waals surface area contributed by atoms with Gasteiger partial charge in [0, 0.05) is 6.21 Å². The summed E-state index contributed by atoms with van der Waals surface area (Å²) in [5, 5.41) is 0. The maximum atomic E-state index is 4.33. The molecule has 0 aliphatic heterocycles. The van der Waals surface area contributed by atoms with Gasteiger partial charge in [-0.25, -0.2) is 0 Å². The predicted octanol–water partition coefficient (Wildman–Crippen LogP) is 3.50. The van der Waals surface area contributed by atoms with Crippen LogP contribution < -0.4 is 0 Å². The molecule has 0 bridgehead atoms. The summed E-state index contributed by atoms with van der Waals surface area (Å²) < 4.78 is 0. The van der Waals surface area contributed by atoms with Crippen molar-refractivity contribution in [2.45, 2.75) is 26.7 Å². The second kappa shape index (κ2) is 4.70. The van der Waals surface area contributed by atoms with Gasteiger partial charge in [0.2, 0.25) is 0 Å². The number of nitrogens with zero attached hydrogens (tertiary/aromatic N) is 1. The summed E-state index contributed by atoms with van der Waals surface area (Å²) in [4.78, 5) is 4.33. The fourth-order valence-electron chi connectivity index (χ4n) is 1.01. The second-order valence-corrected chi connectivity index (χ2v) is 2.94. The van der Waals surface area contributed by atoms with Crippen molar-refractivity contribution in [3.05, 3.63) is 29.8 Å². The quantitative estimate of drug-likeness (QED) is 0.602. The summed E-state index contributed by atoms with van der Waals surface area (Å²) in [5.41, 5.74) is 2.32. The Balaban J connectivity index is 2.63. The van der Waals surface area contributed by atoms with Gasteiger partial charge >= 0.3 is 0 Å². The first-order valence-electron chi connectivity index (χ1n) is 4.42. The van der Waals surface area contributed by atoms with Gasteiger partial charge in [-0.15, -0.1) is 0 Å². The van der Waals surface area contributed by atoms with Crippen LogP contribution >= 0.6 is 0 Å². The van der Waals surface area contributed by atoms with Crippen LogP contribution in [0.15, 0.2) is 29.3 Å². The van der Waals surface area contributed by atoms with E-state index in [4.69, 9.17) is 0 Å². The van der Waals surface area contributed by atoms with E-state index in [-0.39, 0.29) is 0 Å². The molecule has 1 aromatic carbocycles. The zero-order valence-electron chi connectivity index (χ0n) is 7.75. The molecule has 1 nitrogen and oxygen atoms in total. The third kappa shape index (κ3) is 2.87. The van der Waals surface area contributed by atoms with Crippen molar-refractivity contribution in [1.29, 1.82) is 0 Å². The predicted molar refractivity (Wildman–Crippen MR) is 54.2 cm³/mol. The molecule has 0 spiro atoms. The first-order valence-corrected chi connectivity index (χ1v) is 4.42. The van der Waals surface area contributed by atoms with Gasteiger partial charge in [0.05, 0.1) is 5.69 Å². The van der Waals surface area contributed by atoms with E-state index in [1.165, 1.54) is 5.56 Å². The van der Waals surface area contributed by atoms with Crippen LogP contribution in [-0.2, 0) is 0 Å². The Hall–Kier alpha value is -1.11. The molecule has 1 rings (SSSR count). The van der Waals surface area contributed by atoms with Crippen molar-refractivity contribution in [1.82, 2.24) is 0 Å². The highest BCUT2D eigenvalue weighted by atomic mass is 14.7. The molecule has 0 heterocycles. The summed E-state index contributed by atoms with van der Waals surface area (Å²) in [6.45, 7) is 4.24. The van der Waals surface area contributed by atoms with E-state index >= 15 is 0 Å². The standard InChI is InChI=1S/C11H15N/c1-3-4-8-12-11-7-5-6-10(2)9-11/h5-9H,3-4H2,1-2H3. The normalized spacial score (nSPS) is 10.8. The zero-order valence-corrected chi connectivity index (χ0v) is 7.75. The van der Waals surface area contributed by atoms with E-state index in [1.54, 1.807) is 0 Å². The minimum atomic E-state index is 1.06. The number of benzene rings is 1. The number of hydrogen-bond acceptors (Lipinski definition) is 1. The van der Waals surface area contributed by atoms with E-state index in [1.807, 2.05) is 18.3 Å². The molecule has 0 atom stereocenters. The van der Waals surface area contributed by atoms with Crippen molar-refractivity contribution in [3.8, 4) is 0 Å². The Morgan fingerprint density at radius 3 is 2.92 bits per heavy atom. The first-order chi connectivity index (χ1) is 5.83. The van der Waals surface area contributed by atoms with Gasteiger partial charge in [0.25, 0.3) is 0 Å². The Labute approximate surface area is 74.2 Å². The van der Waals surface area contributed by atoms with Crippen molar-refractivity contribution in [3.63, 3.8) is 0 Å². The van der Waals surface area contributed by atoms with Gasteiger partial charge in [-0.1, -0.05) is 25.5 Å². The van der Waals surface area contributed by atoms with Crippen LogP contribution in [-0.4, -0.2) is 6.21 Å². The molecule has 0 fully saturated rings. The molecular weight excluding hydrogens is 146 g/mol. The van der Waals surface area contributed by atoms with Crippen LogP contribution in [0, 0.1) is 6.92 Å². The smallest absolute Gasteiger partial charge is 0.0628 e. The molecule has 0 radical (unpaired) electrons. The van der Waals surface area contributed by atoms with E-state index in [0.29, 0.717) is 0 Å². The number of hydrogen-bond donors (Lipinski definition) is 0. The van der Waals surface area contributed by atoms with E-state index in [0.717, 1.165) is 18.5 Å². The molecule has 0 amide bonds. The Morgan fingerprint density at radius 2 is 2.25 bits per heavy atom. The highest BCUT2D eigenvalue weighted by molar-refractivity contribution is 5.63. The van der Waals surface area contributed by atoms with Crippen LogP contribution in [0.1, 0.15) is 25.3 Å². The summed E-state index contributed by atoms with van der Waals surface area (Å²) in [6, 6.07) is 8.23. The van der Waals surface area contributed by atoms with E-state index in [9.17, 15) is 0 Å². The fourth-order valence-corrected chi connectivity index (χ4v) is 1.01. The molecule has 0 unspecified atom stereocenters. The minimum absolute atomic E-state index is 1.06. The van der Waals surface area contributed by atoms with Gasteiger partial charge < -0.3 is 0 Å². The Morgan fingerprint density at radius 1 is 1.42 bits per heavy atom. The third-order valence-electron chi connectivity index (χ3n) is 1.66. The number of aliphatic imine (C=N–C) groups is 1. The SMILES string of the molecule is CCCC=Nc1cccc(C)c1. The van der Waals surface area contributed by atoms with Crippen LogP contribution in [0.3, 0.4) is 0 Å². The fraction of sp³-hybridized carbons (Fsp3) is 0.364. The molecule has 0 aliphatic carbocycles. The molecule has 0 saturated heterocycles.